The van der Waals surface area contributed by atoms with E-state index in [9.17, 15) is 0 Å². The number of nitrogens with two attached hydrogens (primary N) is 2. The van der Waals surface area contributed by atoms with Crippen molar-refractivity contribution >= 4 is 0 Å². The van der Waals surface area contributed by atoms with Crippen molar-refractivity contribution in [3.05, 3.63) is 0 Å². The third-order valence-corrected chi connectivity index (χ3v) is 2.97. The first-order valence-electron chi connectivity index (χ1n) is 5.83. The summed E-state index contributed by atoms with van der Waals surface area (Å²) < 4.78 is 0. The molecule has 14 heavy (non-hydrogen) atoms. The van der Waals surface area contributed by atoms with Gasteiger partial charge in [0.05, 0.1) is 0 Å². The van der Waals surface area contributed by atoms with Crippen molar-refractivity contribution in [1.29, 1.82) is 0 Å². The first-order chi connectivity index (χ1) is 6.37. The van der Waals surface area contributed by atoms with Crippen LogP contribution in [0.4, 0.5) is 0 Å². The van der Waals surface area contributed by atoms with Gasteiger partial charge in [-0.15, -0.1) is 0 Å². The lowest BCUT2D eigenvalue weighted by molar-refractivity contribution is 0.0904. The lowest BCUT2D eigenvalue weighted by Crippen LogP contribution is -2.45. The predicted octanol–water partition coefficient (Wildman–Crippen LogP) is 2.52. The van der Waals surface area contributed by atoms with Crippen LogP contribution >= 0.6 is 0 Å². The summed E-state index contributed by atoms with van der Waals surface area (Å²) in [5.74, 6) is 0. The zero-order valence-corrected chi connectivity index (χ0v) is 10.6. The largest absolute Gasteiger partial charge is 0.330 e. The number of hydrogen-bond donors (Lipinski definition) is 2. The molecule has 0 heterocycles. The van der Waals surface area contributed by atoms with E-state index in [2.05, 4.69) is 20.8 Å². The standard InChI is InChI=1S/C10H22N2.C2H6/c1-9(2)4-8(12)5-10(3,6-9)7-11;1-2/h8H,4-7,11-12H2,1-3H3;1-2H3. The third-order valence-electron chi connectivity index (χ3n) is 2.97. The van der Waals surface area contributed by atoms with E-state index in [0.717, 1.165) is 19.4 Å². The Labute approximate surface area is 89.4 Å². The van der Waals surface area contributed by atoms with Crippen LogP contribution in [0.15, 0.2) is 0 Å². The van der Waals surface area contributed by atoms with Gasteiger partial charge in [0.25, 0.3) is 0 Å². The molecule has 1 fully saturated rings. The maximum Gasteiger partial charge on any atom is 0.00495 e. The van der Waals surface area contributed by atoms with Crippen molar-refractivity contribution in [3.8, 4) is 0 Å². The first kappa shape index (κ1) is 13.9. The van der Waals surface area contributed by atoms with Gasteiger partial charge in [-0.25, -0.2) is 0 Å². The van der Waals surface area contributed by atoms with Crippen LogP contribution in [-0.2, 0) is 0 Å². The summed E-state index contributed by atoms with van der Waals surface area (Å²) in [5.41, 5.74) is 12.4. The SMILES string of the molecule is CC.CC1(C)CC(N)CC(C)(CN)C1. The highest BCUT2D eigenvalue weighted by atomic mass is 14.7. The normalized spacial score (nSPS) is 35.8. The average molecular weight is 200 g/mol. The Morgan fingerprint density at radius 3 is 2.00 bits per heavy atom. The molecular formula is C12H28N2. The smallest absolute Gasteiger partial charge is 0.00495 e. The first-order valence-corrected chi connectivity index (χ1v) is 5.83. The van der Waals surface area contributed by atoms with E-state index in [1.807, 2.05) is 13.8 Å². The molecule has 1 rings (SSSR count). The Morgan fingerprint density at radius 2 is 1.64 bits per heavy atom. The summed E-state index contributed by atoms with van der Waals surface area (Å²) in [6.45, 7) is 11.6. The zero-order chi connectivity index (χ0) is 11.4. The van der Waals surface area contributed by atoms with Crippen LogP contribution in [0, 0.1) is 10.8 Å². The number of rotatable bonds is 1. The molecule has 0 amide bonds. The zero-order valence-electron chi connectivity index (χ0n) is 10.6. The Kier molecular flexibility index (Phi) is 5.10. The van der Waals surface area contributed by atoms with E-state index >= 15 is 0 Å². The molecule has 2 nitrogen and oxygen atoms in total. The van der Waals surface area contributed by atoms with Crippen molar-refractivity contribution in [3.63, 3.8) is 0 Å². The highest BCUT2D eigenvalue weighted by Crippen LogP contribution is 2.44. The lowest BCUT2D eigenvalue weighted by atomic mass is 9.63. The maximum absolute atomic E-state index is 6.01. The molecule has 2 unspecified atom stereocenters. The van der Waals surface area contributed by atoms with Gasteiger partial charge in [-0.1, -0.05) is 34.6 Å². The average Bonchev–Trinajstić information content (AvgIpc) is 2.04. The monoisotopic (exact) mass is 200 g/mol. The molecule has 86 valence electrons. The Morgan fingerprint density at radius 1 is 1.14 bits per heavy atom. The molecular weight excluding hydrogens is 172 g/mol. The summed E-state index contributed by atoms with van der Waals surface area (Å²) in [6.07, 6.45) is 3.44. The van der Waals surface area contributed by atoms with Gasteiger partial charge in [-0.05, 0) is 36.6 Å². The van der Waals surface area contributed by atoms with Crippen LogP contribution in [0.5, 0.6) is 0 Å². The topological polar surface area (TPSA) is 52.0 Å². The van der Waals surface area contributed by atoms with Crippen LogP contribution in [0.3, 0.4) is 0 Å². The van der Waals surface area contributed by atoms with Gasteiger partial charge in [-0.2, -0.15) is 0 Å². The maximum atomic E-state index is 6.01. The van der Waals surface area contributed by atoms with Crippen LogP contribution < -0.4 is 11.5 Å². The van der Waals surface area contributed by atoms with Gasteiger partial charge in [0, 0.05) is 6.04 Å². The molecule has 0 saturated heterocycles. The fourth-order valence-electron chi connectivity index (χ4n) is 2.87. The van der Waals surface area contributed by atoms with Gasteiger partial charge in [0.2, 0.25) is 0 Å². The molecule has 1 aliphatic carbocycles. The molecule has 4 N–H and O–H groups in total. The predicted molar refractivity (Wildman–Crippen MR) is 64.1 cm³/mol. The lowest BCUT2D eigenvalue weighted by Gasteiger charge is -2.45. The fourth-order valence-corrected chi connectivity index (χ4v) is 2.87. The van der Waals surface area contributed by atoms with Crippen molar-refractivity contribution in [2.75, 3.05) is 6.54 Å². The van der Waals surface area contributed by atoms with Gasteiger partial charge in [0.15, 0.2) is 0 Å². The molecule has 0 aliphatic heterocycles. The molecule has 2 heteroatoms. The van der Waals surface area contributed by atoms with E-state index in [0.29, 0.717) is 11.5 Å². The Bertz CT molecular complexity index is 166. The summed E-state index contributed by atoms with van der Waals surface area (Å²) >= 11 is 0. The minimum atomic E-state index is 0.279. The van der Waals surface area contributed by atoms with Gasteiger partial charge >= 0.3 is 0 Å². The minimum Gasteiger partial charge on any atom is -0.330 e. The third kappa shape index (κ3) is 3.97. The van der Waals surface area contributed by atoms with Crippen LogP contribution in [0.2, 0.25) is 0 Å². The summed E-state index contributed by atoms with van der Waals surface area (Å²) in [5, 5.41) is 0. The van der Waals surface area contributed by atoms with Crippen molar-refractivity contribution < 1.29 is 0 Å². The van der Waals surface area contributed by atoms with Crippen molar-refractivity contribution in [1.82, 2.24) is 0 Å². The molecule has 0 radical (unpaired) electrons. The second kappa shape index (κ2) is 5.13. The van der Waals surface area contributed by atoms with E-state index in [1.165, 1.54) is 6.42 Å². The highest BCUT2D eigenvalue weighted by molar-refractivity contribution is 4.93. The summed E-state index contributed by atoms with van der Waals surface area (Å²) in [4.78, 5) is 0. The summed E-state index contributed by atoms with van der Waals surface area (Å²) in [7, 11) is 0. The van der Waals surface area contributed by atoms with Gasteiger partial charge in [-0.3, -0.25) is 0 Å². The fraction of sp³-hybridized carbons (Fsp3) is 1.00. The van der Waals surface area contributed by atoms with Crippen LogP contribution in [0.1, 0.15) is 53.9 Å². The van der Waals surface area contributed by atoms with Crippen molar-refractivity contribution in [2.45, 2.75) is 59.9 Å². The van der Waals surface area contributed by atoms with Crippen LogP contribution in [0.25, 0.3) is 0 Å². The quantitative estimate of drug-likeness (QED) is 0.683. The Balaban J connectivity index is 0.000000791. The molecule has 0 spiro atoms. The molecule has 0 bridgehead atoms. The van der Waals surface area contributed by atoms with Crippen molar-refractivity contribution in [2.24, 2.45) is 22.3 Å². The van der Waals surface area contributed by atoms with E-state index < -0.39 is 0 Å². The highest BCUT2D eigenvalue weighted by Gasteiger charge is 2.38. The molecule has 1 saturated carbocycles. The Hall–Kier alpha value is -0.0800. The van der Waals surface area contributed by atoms with E-state index in [-0.39, 0.29) is 5.41 Å². The van der Waals surface area contributed by atoms with E-state index in [4.69, 9.17) is 11.5 Å². The molecule has 0 aromatic rings. The van der Waals surface area contributed by atoms with Gasteiger partial charge < -0.3 is 11.5 Å². The van der Waals surface area contributed by atoms with E-state index in [1.54, 1.807) is 0 Å². The second-order valence-electron chi connectivity index (χ2n) is 5.52. The number of hydrogen-bond acceptors (Lipinski definition) is 2. The molecule has 1 aliphatic rings. The minimum absolute atomic E-state index is 0.279. The van der Waals surface area contributed by atoms with Gasteiger partial charge in [0.1, 0.15) is 0 Å². The molecule has 0 aromatic carbocycles. The van der Waals surface area contributed by atoms with Crippen LogP contribution in [-0.4, -0.2) is 12.6 Å². The second-order valence-corrected chi connectivity index (χ2v) is 5.52. The molecule has 2 atom stereocenters. The summed E-state index contributed by atoms with van der Waals surface area (Å²) in [6, 6.07) is 0.349. The molecule has 0 aromatic heterocycles.